The van der Waals surface area contributed by atoms with Crippen LogP contribution in [0.5, 0.6) is 0 Å². The molecule has 24 heavy (non-hydrogen) atoms. The lowest BCUT2D eigenvalue weighted by atomic mass is 9.98. The molecule has 0 amide bonds. The van der Waals surface area contributed by atoms with E-state index < -0.39 is 37.3 Å². The van der Waals surface area contributed by atoms with E-state index in [9.17, 15) is 20.1 Å². The standard InChI is InChI=1S/C14H16N2O6S2/c17-5-6-9(18)11(20)12(21)13(22-6)16-14-15-4-8(24-14)10(19)7-2-1-3-23-7/h1-4,6,9,11-13,17-18,20-21H,5H2,(H,15,16)/t6-,9-,11+,12+,13-/m1/s1. The summed E-state index contributed by atoms with van der Waals surface area (Å²) in [4.78, 5) is 17.3. The zero-order valence-corrected chi connectivity index (χ0v) is 13.9. The minimum Gasteiger partial charge on any atom is -0.394 e. The Kier molecular flexibility index (Phi) is 5.25. The fourth-order valence-electron chi connectivity index (χ4n) is 2.32. The fraction of sp³-hybridized carbons (Fsp3) is 0.429. The van der Waals surface area contributed by atoms with Crippen LogP contribution in [-0.2, 0) is 4.74 Å². The molecule has 1 saturated heterocycles. The van der Waals surface area contributed by atoms with Crippen molar-refractivity contribution < 1.29 is 30.0 Å². The predicted molar refractivity (Wildman–Crippen MR) is 87.3 cm³/mol. The molecule has 0 saturated carbocycles. The van der Waals surface area contributed by atoms with E-state index in [2.05, 4.69) is 10.3 Å². The second-order valence-electron chi connectivity index (χ2n) is 5.23. The van der Waals surface area contributed by atoms with Crippen LogP contribution < -0.4 is 5.32 Å². The number of aliphatic hydroxyl groups is 4. The van der Waals surface area contributed by atoms with Gasteiger partial charge < -0.3 is 30.5 Å². The van der Waals surface area contributed by atoms with E-state index in [1.54, 1.807) is 17.5 Å². The molecule has 1 aliphatic rings. The number of aliphatic hydroxyl groups excluding tert-OH is 4. The van der Waals surface area contributed by atoms with Gasteiger partial charge in [-0.2, -0.15) is 0 Å². The van der Waals surface area contributed by atoms with Crippen LogP contribution in [0.1, 0.15) is 14.5 Å². The van der Waals surface area contributed by atoms with Crippen molar-refractivity contribution in [3.63, 3.8) is 0 Å². The number of anilines is 1. The number of aromatic nitrogens is 1. The maximum absolute atomic E-state index is 12.2. The summed E-state index contributed by atoms with van der Waals surface area (Å²) in [5.41, 5.74) is 0. The highest BCUT2D eigenvalue weighted by atomic mass is 32.1. The Hall–Kier alpha value is -1.40. The average Bonchev–Trinajstić information content (AvgIpc) is 3.26. The molecular formula is C14H16N2O6S2. The van der Waals surface area contributed by atoms with Gasteiger partial charge in [-0.1, -0.05) is 17.4 Å². The van der Waals surface area contributed by atoms with E-state index in [4.69, 9.17) is 9.84 Å². The van der Waals surface area contributed by atoms with Gasteiger partial charge >= 0.3 is 0 Å². The molecule has 8 nitrogen and oxygen atoms in total. The number of nitrogens with zero attached hydrogens (tertiary/aromatic N) is 1. The van der Waals surface area contributed by atoms with Crippen LogP contribution in [0.25, 0.3) is 0 Å². The van der Waals surface area contributed by atoms with Gasteiger partial charge in [0, 0.05) is 0 Å². The summed E-state index contributed by atoms with van der Waals surface area (Å²) in [7, 11) is 0. The number of ether oxygens (including phenoxy) is 1. The summed E-state index contributed by atoms with van der Waals surface area (Å²) in [5.74, 6) is -0.149. The van der Waals surface area contributed by atoms with Crippen molar-refractivity contribution in [2.24, 2.45) is 0 Å². The predicted octanol–water partition coefficient (Wildman–Crippen LogP) is -0.353. The summed E-state index contributed by atoms with van der Waals surface area (Å²) in [6.07, 6.45) is -4.97. The maximum atomic E-state index is 12.2. The topological polar surface area (TPSA) is 132 Å². The average molecular weight is 372 g/mol. The molecule has 5 N–H and O–H groups in total. The molecule has 5 atom stereocenters. The van der Waals surface area contributed by atoms with Crippen molar-refractivity contribution in [3.05, 3.63) is 33.5 Å². The second-order valence-corrected chi connectivity index (χ2v) is 7.21. The summed E-state index contributed by atoms with van der Waals surface area (Å²) in [6.45, 7) is -0.511. The van der Waals surface area contributed by atoms with Crippen LogP contribution in [0.2, 0.25) is 0 Å². The van der Waals surface area contributed by atoms with Gasteiger partial charge in [0.05, 0.1) is 22.6 Å². The first-order valence-electron chi connectivity index (χ1n) is 7.12. The molecule has 0 radical (unpaired) electrons. The molecule has 0 unspecified atom stereocenters. The van der Waals surface area contributed by atoms with Crippen molar-refractivity contribution in [2.45, 2.75) is 30.6 Å². The molecule has 0 aliphatic carbocycles. The number of nitrogens with one attached hydrogen (secondary N) is 1. The molecule has 2 aromatic heterocycles. The summed E-state index contributed by atoms with van der Waals surface area (Å²) in [5, 5.41) is 43.6. The van der Waals surface area contributed by atoms with Crippen LogP contribution in [0.3, 0.4) is 0 Å². The largest absolute Gasteiger partial charge is 0.394 e. The first-order chi connectivity index (χ1) is 11.5. The third kappa shape index (κ3) is 3.35. The number of hydrogen-bond donors (Lipinski definition) is 5. The zero-order valence-electron chi connectivity index (χ0n) is 12.3. The fourth-order valence-corrected chi connectivity index (χ4v) is 3.86. The number of carbonyl (C=O) groups is 1. The van der Waals surface area contributed by atoms with Gasteiger partial charge in [-0.3, -0.25) is 4.79 Å². The van der Waals surface area contributed by atoms with Crippen LogP contribution in [0, 0.1) is 0 Å². The minimum atomic E-state index is -1.47. The second kappa shape index (κ2) is 7.23. The van der Waals surface area contributed by atoms with Crippen molar-refractivity contribution in [1.29, 1.82) is 0 Å². The number of carbonyl (C=O) groups excluding carboxylic acids is 1. The van der Waals surface area contributed by atoms with E-state index in [1.807, 2.05) is 0 Å². The van der Waals surface area contributed by atoms with E-state index in [1.165, 1.54) is 17.5 Å². The van der Waals surface area contributed by atoms with Gasteiger partial charge in [-0.15, -0.1) is 11.3 Å². The van der Waals surface area contributed by atoms with E-state index in [-0.39, 0.29) is 5.78 Å². The van der Waals surface area contributed by atoms with Crippen LogP contribution in [-0.4, -0.2) is 68.4 Å². The van der Waals surface area contributed by atoms with Crippen molar-refractivity contribution in [2.75, 3.05) is 11.9 Å². The Balaban J connectivity index is 1.71. The monoisotopic (exact) mass is 372 g/mol. The maximum Gasteiger partial charge on any atom is 0.214 e. The lowest BCUT2D eigenvalue weighted by Gasteiger charge is -2.40. The Morgan fingerprint density at radius 1 is 1.25 bits per heavy atom. The number of thiazole rings is 1. The van der Waals surface area contributed by atoms with E-state index >= 15 is 0 Å². The van der Waals surface area contributed by atoms with Crippen LogP contribution in [0.15, 0.2) is 23.7 Å². The number of hydrogen-bond acceptors (Lipinski definition) is 10. The minimum absolute atomic E-state index is 0.149. The normalized spacial score (nSPS) is 30.2. The number of thiophene rings is 1. The molecule has 1 aliphatic heterocycles. The Morgan fingerprint density at radius 3 is 2.71 bits per heavy atom. The third-order valence-electron chi connectivity index (χ3n) is 3.63. The Morgan fingerprint density at radius 2 is 2.04 bits per heavy atom. The Labute approximate surface area is 145 Å². The van der Waals surface area contributed by atoms with Gasteiger partial charge in [0.1, 0.15) is 24.4 Å². The van der Waals surface area contributed by atoms with Gasteiger partial charge in [0.2, 0.25) is 5.78 Å². The first-order valence-corrected chi connectivity index (χ1v) is 8.82. The van der Waals surface area contributed by atoms with Gasteiger partial charge in [-0.25, -0.2) is 4.98 Å². The van der Waals surface area contributed by atoms with E-state index in [0.29, 0.717) is 14.9 Å². The van der Waals surface area contributed by atoms with E-state index in [0.717, 1.165) is 11.3 Å². The summed E-state index contributed by atoms with van der Waals surface area (Å²) < 4.78 is 5.34. The third-order valence-corrected chi connectivity index (χ3v) is 5.43. The summed E-state index contributed by atoms with van der Waals surface area (Å²) in [6, 6.07) is 3.50. The number of ketones is 1. The lowest BCUT2D eigenvalue weighted by molar-refractivity contribution is -0.221. The van der Waals surface area contributed by atoms with Crippen molar-refractivity contribution >= 4 is 33.6 Å². The molecule has 3 heterocycles. The first kappa shape index (κ1) is 17.4. The smallest absolute Gasteiger partial charge is 0.214 e. The molecule has 10 heteroatoms. The zero-order chi connectivity index (χ0) is 17.3. The lowest BCUT2D eigenvalue weighted by Crippen LogP contribution is -2.60. The highest BCUT2D eigenvalue weighted by Crippen LogP contribution is 2.27. The molecule has 0 aromatic carbocycles. The molecule has 0 spiro atoms. The van der Waals surface area contributed by atoms with Gasteiger partial charge in [0.15, 0.2) is 11.4 Å². The molecule has 3 rings (SSSR count). The molecule has 2 aromatic rings. The summed E-state index contributed by atoms with van der Waals surface area (Å²) >= 11 is 2.41. The molecule has 130 valence electrons. The highest BCUT2D eigenvalue weighted by Gasteiger charge is 2.43. The molecule has 0 bridgehead atoms. The van der Waals surface area contributed by atoms with Crippen molar-refractivity contribution in [3.8, 4) is 0 Å². The molecular weight excluding hydrogens is 356 g/mol. The van der Waals surface area contributed by atoms with Gasteiger partial charge in [-0.05, 0) is 11.4 Å². The van der Waals surface area contributed by atoms with Crippen LogP contribution >= 0.6 is 22.7 Å². The van der Waals surface area contributed by atoms with Gasteiger partial charge in [0.25, 0.3) is 0 Å². The molecule has 1 fully saturated rings. The Bertz CT molecular complexity index is 689. The number of rotatable bonds is 5. The van der Waals surface area contributed by atoms with Crippen LogP contribution in [0.4, 0.5) is 5.13 Å². The quantitative estimate of drug-likeness (QED) is 0.450. The highest BCUT2D eigenvalue weighted by molar-refractivity contribution is 7.19. The SMILES string of the molecule is O=C(c1cccs1)c1cnc(N[C@@H]2O[C@H](CO)[C@@H](O)[C@H](O)[C@@H]2O)s1. The van der Waals surface area contributed by atoms with Crippen molar-refractivity contribution in [1.82, 2.24) is 4.98 Å².